The van der Waals surface area contributed by atoms with Gasteiger partial charge in [0.25, 0.3) is 5.56 Å². The molecule has 0 saturated carbocycles. The number of aryl methyl sites for hydroxylation is 1. The van der Waals surface area contributed by atoms with Crippen LogP contribution in [-0.4, -0.2) is 27.6 Å². The van der Waals surface area contributed by atoms with Gasteiger partial charge in [0, 0.05) is 12.6 Å². The molecule has 0 aliphatic rings. The first kappa shape index (κ1) is 13.2. The van der Waals surface area contributed by atoms with E-state index in [-0.39, 0.29) is 12.1 Å². The predicted octanol–water partition coefficient (Wildman–Crippen LogP) is 0.991. The Hall–Kier alpha value is -1.85. The first-order valence-corrected chi connectivity index (χ1v) is 5.42. The van der Waals surface area contributed by atoms with Crippen LogP contribution in [0.1, 0.15) is 26.1 Å². The quantitative estimate of drug-likeness (QED) is 0.712. The first-order valence-electron chi connectivity index (χ1n) is 5.42. The van der Waals surface area contributed by atoms with Gasteiger partial charge in [0.15, 0.2) is 0 Å². The Morgan fingerprint density at radius 2 is 2.29 bits per heavy atom. The number of H-pyrrole nitrogens is 1. The highest BCUT2D eigenvalue weighted by molar-refractivity contribution is 5.74. The minimum absolute atomic E-state index is 0.231. The van der Waals surface area contributed by atoms with Crippen LogP contribution in [-0.2, 0) is 4.79 Å². The second-order valence-corrected chi connectivity index (χ2v) is 4.29. The molecule has 17 heavy (non-hydrogen) atoms. The Labute approximate surface area is 99.1 Å². The van der Waals surface area contributed by atoms with E-state index in [1.54, 1.807) is 13.8 Å². The second-order valence-electron chi connectivity index (χ2n) is 4.29. The lowest BCUT2D eigenvalue weighted by Gasteiger charge is -2.23. The minimum atomic E-state index is -0.867. The highest BCUT2D eigenvalue weighted by Crippen LogP contribution is 2.21. The highest BCUT2D eigenvalue weighted by atomic mass is 16.4. The smallest absolute Gasteiger partial charge is 0.311 e. The molecule has 0 spiro atoms. The average Bonchev–Trinajstić information content (AvgIpc) is 2.24. The summed E-state index contributed by atoms with van der Waals surface area (Å²) in [7, 11) is 0. The van der Waals surface area contributed by atoms with E-state index in [2.05, 4.69) is 15.3 Å². The van der Waals surface area contributed by atoms with Crippen LogP contribution in [0.3, 0.4) is 0 Å². The SMILES string of the molecule is CCC(C)(CNc1cc(=O)[nH]c(C)n1)C(=O)O. The van der Waals surface area contributed by atoms with Crippen molar-refractivity contribution >= 4 is 11.8 Å². The number of carbonyl (C=O) groups is 1. The van der Waals surface area contributed by atoms with E-state index in [0.717, 1.165) is 0 Å². The summed E-state index contributed by atoms with van der Waals surface area (Å²) in [6, 6.07) is 1.31. The van der Waals surface area contributed by atoms with Gasteiger partial charge in [-0.3, -0.25) is 9.59 Å². The molecule has 1 aromatic heterocycles. The lowest BCUT2D eigenvalue weighted by Crippen LogP contribution is -2.34. The molecule has 1 unspecified atom stereocenters. The van der Waals surface area contributed by atoms with Gasteiger partial charge >= 0.3 is 5.97 Å². The van der Waals surface area contributed by atoms with E-state index < -0.39 is 11.4 Å². The van der Waals surface area contributed by atoms with Crippen molar-refractivity contribution in [2.75, 3.05) is 11.9 Å². The Bertz CT molecular complexity index is 469. The Kier molecular flexibility index (Phi) is 3.88. The molecule has 0 aromatic carbocycles. The summed E-state index contributed by atoms with van der Waals surface area (Å²) in [5.41, 5.74) is -1.12. The minimum Gasteiger partial charge on any atom is -0.481 e. The van der Waals surface area contributed by atoms with Crippen molar-refractivity contribution in [3.8, 4) is 0 Å². The number of hydrogen-bond donors (Lipinski definition) is 3. The Morgan fingerprint density at radius 1 is 1.65 bits per heavy atom. The van der Waals surface area contributed by atoms with Crippen molar-refractivity contribution in [2.45, 2.75) is 27.2 Å². The van der Waals surface area contributed by atoms with E-state index in [0.29, 0.717) is 18.1 Å². The van der Waals surface area contributed by atoms with Crippen LogP contribution >= 0.6 is 0 Å². The molecule has 0 radical (unpaired) electrons. The summed E-state index contributed by atoms with van der Waals surface area (Å²) in [5, 5.41) is 12.0. The van der Waals surface area contributed by atoms with Gasteiger partial charge in [-0.05, 0) is 20.3 Å². The summed E-state index contributed by atoms with van der Waals surface area (Å²) < 4.78 is 0. The van der Waals surface area contributed by atoms with Gasteiger partial charge in [-0.1, -0.05) is 6.92 Å². The van der Waals surface area contributed by atoms with Gasteiger partial charge in [0.1, 0.15) is 11.6 Å². The zero-order valence-corrected chi connectivity index (χ0v) is 10.2. The van der Waals surface area contributed by atoms with E-state index in [1.165, 1.54) is 6.07 Å². The van der Waals surface area contributed by atoms with Crippen molar-refractivity contribution in [2.24, 2.45) is 5.41 Å². The molecule has 1 heterocycles. The van der Waals surface area contributed by atoms with Gasteiger partial charge < -0.3 is 15.4 Å². The zero-order chi connectivity index (χ0) is 13.1. The molecule has 0 amide bonds. The molecule has 94 valence electrons. The molecule has 0 saturated heterocycles. The van der Waals surface area contributed by atoms with Crippen molar-refractivity contribution in [3.63, 3.8) is 0 Å². The van der Waals surface area contributed by atoms with Crippen LogP contribution in [0, 0.1) is 12.3 Å². The molecule has 6 heteroatoms. The summed E-state index contributed by atoms with van der Waals surface area (Å²) in [4.78, 5) is 28.9. The summed E-state index contributed by atoms with van der Waals surface area (Å²) in [6.07, 6.45) is 0.498. The van der Waals surface area contributed by atoms with Crippen LogP contribution in [0.15, 0.2) is 10.9 Å². The third kappa shape index (κ3) is 3.30. The van der Waals surface area contributed by atoms with E-state index in [1.807, 2.05) is 6.92 Å². The van der Waals surface area contributed by atoms with Gasteiger partial charge in [0.05, 0.1) is 5.41 Å². The largest absolute Gasteiger partial charge is 0.481 e. The Balaban J connectivity index is 2.79. The Morgan fingerprint density at radius 3 is 2.76 bits per heavy atom. The van der Waals surface area contributed by atoms with Gasteiger partial charge in [-0.25, -0.2) is 4.98 Å². The fraction of sp³-hybridized carbons (Fsp3) is 0.545. The summed E-state index contributed by atoms with van der Waals surface area (Å²) in [6.45, 7) is 5.37. The highest BCUT2D eigenvalue weighted by Gasteiger charge is 2.30. The zero-order valence-electron chi connectivity index (χ0n) is 10.2. The van der Waals surface area contributed by atoms with Crippen molar-refractivity contribution in [1.29, 1.82) is 0 Å². The number of hydrogen-bond acceptors (Lipinski definition) is 4. The molecule has 1 atom stereocenters. The molecule has 1 aromatic rings. The number of carboxylic acids is 1. The lowest BCUT2D eigenvalue weighted by atomic mass is 9.88. The maximum atomic E-state index is 11.2. The van der Waals surface area contributed by atoms with Gasteiger partial charge in [0.2, 0.25) is 0 Å². The van der Waals surface area contributed by atoms with Gasteiger partial charge in [-0.2, -0.15) is 0 Å². The van der Waals surface area contributed by atoms with Crippen LogP contribution < -0.4 is 10.9 Å². The maximum absolute atomic E-state index is 11.2. The normalized spacial score (nSPS) is 14.1. The predicted molar refractivity (Wildman–Crippen MR) is 64.1 cm³/mol. The molecule has 0 fully saturated rings. The maximum Gasteiger partial charge on any atom is 0.311 e. The van der Waals surface area contributed by atoms with Crippen LogP contribution in [0.5, 0.6) is 0 Å². The van der Waals surface area contributed by atoms with Crippen molar-refractivity contribution in [1.82, 2.24) is 9.97 Å². The molecule has 0 bridgehead atoms. The number of aromatic nitrogens is 2. The monoisotopic (exact) mass is 239 g/mol. The van der Waals surface area contributed by atoms with Crippen LogP contribution in [0.2, 0.25) is 0 Å². The summed E-state index contributed by atoms with van der Waals surface area (Å²) in [5.74, 6) is 0.0229. The molecule has 1 rings (SSSR count). The topological polar surface area (TPSA) is 95.1 Å². The molecular formula is C11H17N3O3. The number of nitrogens with one attached hydrogen (secondary N) is 2. The number of aliphatic carboxylic acids is 1. The number of nitrogens with zero attached hydrogens (tertiary/aromatic N) is 1. The van der Waals surface area contributed by atoms with Crippen LogP contribution in [0.4, 0.5) is 5.82 Å². The third-order valence-electron chi connectivity index (χ3n) is 2.82. The van der Waals surface area contributed by atoms with E-state index in [9.17, 15) is 9.59 Å². The molecule has 3 N–H and O–H groups in total. The standard InChI is InChI=1S/C11H17N3O3/c1-4-11(3,10(16)17)6-12-8-5-9(15)14-7(2)13-8/h5H,4,6H2,1-3H3,(H,16,17)(H2,12,13,14,15). The number of aromatic amines is 1. The average molecular weight is 239 g/mol. The first-order chi connectivity index (χ1) is 7.87. The second kappa shape index (κ2) is 4.99. The van der Waals surface area contributed by atoms with E-state index >= 15 is 0 Å². The number of rotatable bonds is 5. The fourth-order valence-corrected chi connectivity index (χ4v) is 1.31. The van der Waals surface area contributed by atoms with Crippen molar-refractivity contribution < 1.29 is 9.90 Å². The fourth-order valence-electron chi connectivity index (χ4n) is 1.31. The van der Waals surface area contributed by atoms with E-state index in [4.69, 9.17) is 5.11 Å². The number of anilines is 1. The molecule has 0 aliphatic carbocycles. The van der Waals surface area contributed by atoms with Gasteiger partial charge in [-0.15, -0.1) is 0 Å². The molecule has 0 aliphatic heterocycles. The van der Waals surface area contributed by atoms with Crippen molar-refractivity contribution in [3.05, 3.63) is 22.2 Å². The third-order valence-corrected chi connectivity index (χ3v) is 2.82. The molecule has 6 nitrogen and oxygen atoms in total. The number of carboxylic acid groups (broad SMARTS) is 1. The van der Waals surface area contributed by atoms with Crippen LogP contribution in [0.25, 0.3) is 0 Å². The lowest BCUT2D eigenvalue weighted by molar-refractivity contribution is -0.147. The molecular weight excluding hydrogens is 222 g/mol. The summed E-state index contributed by atoms with van der Waals surface area (Å²) >= 11 is 0.